The largest absolute Gasteiger partial charge is 0.480 e. The number of pyridine rings is 1. The lowest BCUT2D eigenvalue weighted by atomic mass is 10.00. The summed E-state index contributed by atoms with van der Waals surface area (Å²) in [7, 11) is 2.93. The smallest absolute Gasteiger partial charge is 0.345 e. The number of carbonyl (C=O) groups is 14. The minimum atomic E-state index is -1.90. The summed E-state index contributed by atoms with van der Waals surface area (Å²) in [6.07, 6.45) is -0.528. The summed E-state index contributed by atoms with van der Waals surface area (Å²) in [5.74, 6) is -11.6. The lowest BCUT2D eigenvalue weighted by Crippen LogP contribution is -2.62. The van der Waals surface area contributed by atoms with Crippen molar-refractivity contribution in [2.45, 2.75) is 187 Å². The van der Waals surface area contributed by atoms with E-state index in [1.165, 1.54) is 42.6 Å². The molecule has 5 aromatic rings. The highest BCUT2D eigenvalue weighted by Crippen LogP contribution is 2.34. The molecule has 0 aliphatic carbocycles. The number of carbonyl (C=O) groups excluding carboxylic acids is 13. The van der Waals surface area contributed by atoms with Gasteiger partial charge in [0.05, 0.1) is 34.7 Å². The van der Waals surface area contributed by atoms with Gasteiger partial charge in [0, 0.05) is 93.5 Å². The van der Waals surface area contributed by atoms with Crippen LogP contribution in [0.4, 0.5) is 4.79 Å². The van der Waals surface area contributed by atoms with Crippen molar-refractivity contribution in [2.75, 3.05) is 79.5 Å². The van der Waals surface area contributed by atoms with E-state index in [0.717, 1.165) is 11.6 Å². The van der Waals surface area contributed by atoms with Gasteiger partial charge in [0.25, 0.3) is 5.91 Å². The van der Waals surface area contributed by atoms with Gasteiger partial charge in [-0.05, 0) is 164 Å². The van der Waals surface area contributed by atoms with Crippen LogP contribution in [0.3, 0.4) is 0 Å². The van der Waals surface area contributed by atoms with Crippen LogP contribution in [0.25, 0.3) is 23.1 Å². The number of carboxylic acid groups (broad SMARTS) is 1. The number of nitrogens with two attached hydrogens (primary N) is 6. The van der Waals surface area contributed by atoms with Gasteiger partial charge in [-0.2, -0.15) is 9.78 Å². The molecule has 3 heterocycles. The highest BCUT2D eigenvalue weighted by atomic mass is 32.2. The Morgan fingerprint density at radius 3 is 1.89 bits per heavy atom. The molecule has 1 aliphatic rings. The Kier molecular flexibility index (Phi) is 41.3. The maximum absolute atomic E-state index is 15.3. The topological polar surface area (TPSA) is 637 Å². The molecule has 0 spiro atoms. The fraction of sp³-hybridized carbons (Fsp3) is 0.506. The number of fused-ring (bicyclic) bond motifs is 1. The highest BCUT2D eigenvalue weighted by molar-refractivity contribution is 7.99. The number of hydrogen-bond donors (Lipinski definition) is 21. The average Bonchev–Trinajstić information content (AvgIpc) is 1.62. The Hall–Kier alpha value is -11.4. The number of hydrogen-bond acceptors (Lipinski definition) is 26. The first-order chi connectivity index (χ1) is 58.2. The number of carboxylic acids is 1. The second-order valence-corrected chi connectivity index (χ2v) is 31.0. The predicted molar refractivity (Wildman–Crippen MR) is 454 cm³/mol. The van der Waals surface area contributed by atoms with Crippen molar-refractivity contribution in [1.29, 1.82) is 0 Å². The Morgan fingerprint density at radius 1 is 0.648 bits per heavy atom. The number of rotatable bonds is 38. The normalized spacial score (nSPS) is 19.5. The zero-order valence-electron chi connectivity index (χ0n) is 69.5. The van der Waals surface area contributed by atoms with E-state index in [1.54, 1.807) is 123 Å². The number of aliphatic hydroxyl groups is 2. The maximum Gasteiger partial charge on any atom is 0.345 e. The number of aliphatic carboxylic acids is 1. The summed E-state index contributed by atoms with van der Waals surface area (Å²) in [5.41, 5.74) is 37.9. The summed E-state index contributed by atoms with van der Waals surface area (Å²) in [6.45, 7) is 3.87. The van der Waals surface area contributed by atoms with E-state index in [4.69, 9.17) is 39.5 Å². The number of aliphatic hydroxyl groups excluding tert-OH is 2. The van der Waals surface area contributed by atoms with E-state index in [1.807, 2.05) is 0 Å². The summed E-state index contributed by atoms with van der Waals surface area (Å²) in [5, 5.41) is 68.7. The van der Waals surface area contributed by atoms with Crippen molar-refractivity contribution >= 4 is 118 Å². The van der Waals surface area contributed by atoms with Crippen LogP contribution in [0.15, 0.2) is 107 Å². The third-order valence-electron chi connectivity index (χ3n) is 19.8. The monoisotopic (exact) mass is 1720 g/mol. The van der Waals surface area contributed by atoms with Crippen LogP contribution < -0.4 is 98.2 Å². The van der Waals surface area contributed by atoms with Crippen LogP contribution in [0.1, 0.15) is 119 Å². The van der Waals surface area contributed by atoms with E-state index in [0.29, 0.717) is 37.7 Å². The van der Waals surface area contributed by atoms with Crippen LogP contribution in [0, 0.1) is 5.92 Å². The van der Waals surface area contributed by atoms with E-state index in [-0.39, 0.29) is 127 Å². The molecule has 3 aromatic carbocycles. The number of likely N-dealkylation sites (N-methyl/N-ethyl adjacent to an activating group) is 1. The molecule has 1 saturated heterocycles. The molecule has 2 unspecified atom stereocenters. The highest BCUT2D eigenvalue weighted by Gasteiger charge is 2.38. The molecule has 41 heteroatoms. The maximum atomic E-state index is 15.3. The molecule has 1 aliphatic heterocycles. The zero-order chi connectivity index (χ0) is 89.7. The second kappa shape index (κ2) is 50.7. The summed E-state index contributed by atoms with van der Waals surface area (Å²) < 4.78 is 1.12. The molecular weight excluding hydrogens is 1600 g/mol. The van der Waals surface area contributed by atoms with Crippen molar-refractivity contribution < 1.29 is 82.4 Å². The van der Waals surface area contributed by atoms with Gasteiger partial charge < -0.3 is 123 Å². The number of benzene rings is 3. The molecule has 122 heavy (non-hydrogen) atoms. The number of aromatic nitrogens is 3. The van der Waals surface area contributed by atoms with E-state index in [9.17, 15) is 77.6 Å². The first kappa shape index (κ1) is 99.4. The molecule has 13 amide bonds. The Bertz CT molecular complexity index is 4390. The average molecular weight is 1720 g/mol. The molecule has 666 valence electrons. The van der Waals surface area contributed by atoms with Crippen LogP contribution in [0.2, 0.25) is 0 Å². The second-order valence-electron chi connectivity index (χ2n) is 29.9. The molecule has 40 nitrogen and oxygen atoms in total. The van der Waals surface area contributed by atoms with Crippen molar-refractivity contribution in [3.63, 3.8) is 0 Å². The van der Waals surface area contributed by atoms with Crippen LogP contribution in [-0.4, -0.2) is 281 Å². The Morgan fingerprint density at radius 2 is 1.26 bits per heavy atom. The van der Waals surface area contributed by atoms with Gasteiger partial charge in [0.15, 0.2) is 0 Å². The van der Waals surface area contributed by atoms with E-state index < -0.39 is 182 Å². The fourth-order valence-corrected chi connectivity index (χ4v) is 14.0. The molecule has 27 N–H and O–H groups in total. The van der Waals surface area contributed by atoms with Gasteiger partial charge in [-0.25, -0.2) is 4.79 Å². The minimum Gasteiger partial charge on any atom is -0.480 e. The summed E-state index contributed by atoms with van der Waals surface area (Å²) in [6, 6.07) is 9.33. The minimum absolute atomic E-state index is 0.0393. The Balaban J connectivity index is 1.27. The molecular formula is C81H119N23O17S. The van der Waals surface area contributed by atoms with E-state index in [2.05, 4.69) is 68.8 Å². The third kappa shape index (κ3) is 31.2. The zero-order valence-corrected chi connectivity index (χ0v) is 70.3. The summed E-state index contributed by atoms with van der Waals surface area (Å²) in [4.78, 5) is 206. The number of nitrogens with one attached hydrogen (secondary N) is 12. The van der Waals surface area contributed by atoms with Crippen LogP contribution in [-0.2, 0) is 64.0 Å². The summed E-state index contributed by atoms with van der Waals surface area (Å²) >= 11 is 1.24. The van der Waals surface area contributed by atoms with Gasteiger partial charge in [-0.3, -0.25) is 67.3 Å². The lowest BCUT2D eigenvalue weighted by Gasteiger charge is -2.29. The van der Waals surface area contributed by atoms with Crippen molar-refractivity contribution in [1.82, 2.24) is 88.4 Å². The van der Waals surface area contributed by atoms with E-state index >= 15 is 4.79 Å². The number of amides is 13. The SMILES string of the molecule is CNC(=O)c1ccccc1Sc1ccc2c(/C=C/c3ccccn3)nn(C(=O)N(CCC(=O)N[C@@H](CCN)C(=O)N[C@@H](C(=O)NC(CCN)C(=O)N[C@H]3CCNC(=O)[C@@H]([C@H](C)O)NC[C@@H](CCN)NC(=O)[C@@H](CCN)NC(=O)[C@@H](CC(C)C)NC(=O)C(Cc4ccccc4)NC(=O)[C@@H](CCN)NC3=O)[C@@H](C)O)CCN(C)C(=O)CC[C@@H](N)C(=O)O)c2c1. The molecule has 2 aromatic heterocycles. The van der Waals surface area contributed by atoms with Gasteiger partial charge in [0.1, 0.15) is 60.4 Å². The molecule has 1 fully saturated rings. The lowest BCUT2D eigenvalue weighted by molar-refractivity contribution is -0.139. The van der Waals surface area contributed by atoms with Crippen molar-refractivity contribution in [3.05, 3.63) is 120 Å². The van der Waals surface area contributed by atoms with Gasteiger partial charge in [0.2, 0.25) is 65.0 Å². The molecule has 13 atom stereocenters. The predicted octanol–water partition coefficient (Wildman–Crippen LogP) is -3.94. The first-order valence-electron chi connectivity index (χ1n) is 40.5. The van der Waals surface area contributed by atoms with Crippen molar-refractivity contribution in [2.24, 2.45) is 40.3 Å². The van der Waals surface area contributed by atoms with Gasteiger partial charge in [-0.15, -0.1) is 0 Å². The molecule has 0 bridgehead atoms. The number of nitrogens with zero attached hydrogens (tertiary/aromatic N) is 5. The quantitative estimate of drug-likeness (QED) is 0.0179. The Labute approximate surface area is 711 Å². The fourth-order valence-electron chi connectivity index (χ4n) is 13.0. The standard InChI is InChI=1S/C81H119N23O17S/c1-46(2)42-62-76(115)95-58(27-34-84)71(110)92-51(25-32-82)45-91-68(47(3)105)78(117)90-38-30-61(74(113)94-59(28-35-85)73(112)99-63(77(116)98-62)43-49-14-8-7-9-15-49)96-72(111)60(29-36-86)97-79(118)69(48(4)106)100-75(114)57(26-33-83)93-66(107)31-39-103(41-40-102(6)67(108)24-22-55(87)80(119)120)81(121)104-64-44-52(122-65-18-11-10-17-54(65)70(109)88-5)20-21-53(64)56(101-104)23-19-50-16-12-13-37-89-50/h7-21,23,37,44,46-48,51,55,57-63,68-69,91,105-106H,22,24-36,38-43,45,82-87H2,1-6H3,(H,88,109)(H,90,117)(H,92,110)(H,93,107)(H,94,113)(H,95,115)(H,96,111)(H,97,118)(H,98,116)(H,99,112)(H,100,114)(H,119,120)/b23-19+/t47-,48+,51+,55+,57-,58+,59+,60?,61-,62+,63?,68+,69+/m0/s1. The van der Waals surface area contributed by atoms with Crippen molar-refractivity contribution in [3.8, 4) is 0 Å². The molecule has 0 radical (unpaired) electrons. The van der Waals surface area contributed by atoms with Gasteiger partial charge >= 0.3 is 12.0 Å². The van der Waals surface area contributed by atoms with Gasteiger partial charge in [-0.1, -0.05) is 74.1 Å². The molecule has 6 rings (SSSR count). The van der Waals surface area contributed by atoms with Crippen LogP contribution in [0.5, 0.6) is 0 Å². The first-order valence-corrected chi connectivity index (χ1v) is 41.3. The van der Waals surface area contributed by atoms with Crippen LogP contribution >= 0.6 is 11.8 Å². The third-order valence-corrected chi connectivity index (χ3v) is 20.9. The molecule has 0 saturated carbocycles.